The minimum absolute atomic E-state index is 0.0741. The molecule has 0 bridgehead atoms. The van der Waals surface area contributed by atoms with Crippen LogP contribution < -0.4 is 8.85 Å². The molecule has 0 radical (unpaired) electrons. The van der Waals surface area contributed by atoms with E-state index in [-0.39, 0.29) is 12.2 Å². The highest BCUT2D eigenvalue weighted by atomic mass is 127. The van der Waals surface area contributed by atoms with Crippen molar-refractivity contribution in [1.29, 1.82) is 0 Å². The van der Waals surface area contributed by atoms with Gasteiger partial charge >= 0.3 is 0 Å². The Balaban J connectivity index is 1.80. The summed E-state index contributed by atoms with van der Waals surface area (Å²) in [5.41, 5.74) is 4.12. The maximum absolute atomic E-state index is 7.48. The zero-order valence-electron chi connectivity index (χ0n) is 34.9. The summed E-state index contributed by atoms with van der Waals surface area (Å²) < 4.78 is 30.3. The molecule has 0 amide bonds. The lowest BCUT2D eigenvalue weighted by atomic mass is 9.75. The van der Waals surface area contributed by atoms with Crippen molar-refractivity contribution >= 4 is 39.2 Å². The van der Waals surface area contributed by atoms with Crippen molar-refractivity contribution in [3.05, 3.63) is 23.8 Å². The van der Waals surface area contributed by atoms with E-state index in [0.29, 0.717) is 54.9 Å². The van der Waals surface area contributed by atoms with Crippen molar-refractivity contribution in [2.45, 2.75) is 210 Å². The van der Waals surface area contributed by atoms with E-state index < -0.39 is 22.4 Å². The molecule has 2 aliphatic heterocycles. The molecule has 1 aromatic rings. The van der Waals surface area contributed by atoms with Gasteiger partial charge in [0, 0.05) is 22.3 Å². The van der Waals surface area contributed by atoms with Crippen molar-refractivity contribution in [3.8, 4) is 11.5 Å². The van der Waals surface area contributed by atoms with Gasteiger partial charge in [-0.05, 0) is 94.4 Å². The minimum atomic E-state index is -2.21. The van der Waals surface area contributed by atoms with E-state index in [4.69, 9.17) is 18.3 Å². The molecule has 1 aromatic carbocycles. The van der Waals surface area contributed by atoms with Gasteiger partial charge in [-0.15, -0.1) is 0 Å². The smallest absolute Gasteiger partial charge is 0.258 e. The maximum Gasteiger partial charge on any atom is 0.258 e. The van der Waals surface area contributed by atoms with E-state index in [9.17, 15) is 0 Å². The molecule has 2 saturated heterocycles. The maximum atomic E-state index is 7.48. The third-order valence-electron chi connectivity index (χ3n) is 13.8. The molecule has 1 saturated carbocycles. The molecule has 4 nitrogen and oxygen atoms in total. The summed E-state index contributed by atoms with van der Waals surface area (Å²) in [7, 11) is -4.42. The van der Waals surface area contributed by atoms with Gasteiger partial charge in [0.2, 0.25) is 0 Å². The second kappa shape index (κ2) is 17.1. The van der Waals surface area contributed by atoms with Crippen LogP contribution in [0.15, 0.2) is 18.2 Å². The summed E-state index contributed by atoms with van der Waals surface area (Å²) in [6.45, 7) is 35.8. The fourth-order valence-corrected chi connectivity index (χ4v) is 23.3. The summed E-state index contributed by atoms with van der Waals surface area (Å²) >= 11 is 2.76. The molecule has 1 aliphatic carbocycles. The summed E-state index contributed by atoms with van der Waals surface area (Å²) in [6, 6.07) is 6.92. The van der Waals surface area contributed by atoms with Crippen LogP contribution in [0.4, 0.5) is 0 Å². The molecule has 3 aliphatic rings. The fourth-order valence-electron chi connectivity index (χ4n) is 11.2. The molecular formula is C43H77IO4Si2. The average Bonchev–Trinajstić information content (AvgIpc) is 3.04. The predicted octanol–water partition coefficient (Wildman–Crippen LogP) is 14.4. The van der Waals surface area contributed by atoms with Crippen molar-refractivity contribution in [2.24, 2.45) is 23.7 Å². The van der Waals surface area contributed by atoms with E-state index in [0.717, 1.165) is 36.7 Å². The van der Waals surface area contributed by atoms with Crippen LogP contribution in [0.2, 0.25) is 33.2 Å². The topological polar surface area (TPSA) is 36.9 Å². The number of benzene rings is 1. The summed E-state index contributed by atoms with van der Waals surface area (Å²) in [5, 5.41) is 0. The molecule has 50 heavy (non-hydrogen) atoms. The lowest BCUT2D eigenvalue weighted by molar-refractivity contribution is -0.354. The second-order valence-corrected chi connectivity index (χ2v) is 31.2. The van der Waals surface area contributed by atoms with E-state index in [2.05, 4.69) is 145 Å². The molecule has 2 heterocycles. The van der Waals surface area contributed by atoms with E-state index in [1.165, 1.54) is 37.7 Å². The molecule has 3 fully saturated rings. The van der Waals surface area contributed by atoms with Crippen molar-refractivity contribution in [1.82, 2.24) is 0 Å². The van der Waals surface area contributed by atoms with Crippen LogP contribution in [0.5, 0.6) is 11.5 Å². The lowest BCUT2D eigenvalue weighted by Crippen LogP contribution is -2.57. The molecule has 0 unspecified atom stereocenters. The molecule has 4 rings (SSSR count). The highest BCUT2D eigenvalue weighted by molar-refractivity contribution is 14.1. The fraction of sp³-hybridized carbons (Fsp3) is 0.860. The Hall–Kier alpha value is -0.0962. The second-order valence-electron chi connectivity index (χ2n) is 19.0. The zero-order valence-corrected chi connectivity index (χ0v) is 39.1. The Morgan fingerprint density at radius 2 is 1.10 bits per heavy atom. The van der Waals surface area contributed by atoms with Crippen LogP contribution in [-0.4, -0.2) is 32.5 Å². The first-order valence-corrected chi connectivity index (χ1v) is 26.4. The van der Waals surface area contributed by atoms with Crippen molar-refractivity contribution in [2.75, 3.05) is 0 Å². The van der Waals surface area contributed by atoms with Crippen molar-refractivity contribution < 1.29 is 18.3 Å². The molecule has 7 atom stereocenters. The number of hydrogen-bond acceptors (Lipinski definition) is 4. The lowest BCUT2D eigenvalue weighted by Gasteiger charge is -2.54. The standard InChI is InChI=1S/C43H77IO4Si2/c1-27(2)49(28(3)4,29(5)6)47-38-24-37(25-39(26-38)48-50(30(7)8,31(9)10)32(11)12)41-33(13)21-22-43(45-41)35(15)23-34(14)42(46-43)40(44)36-19-17-16-18-20-36/h24-36,40-42H,16-23H2,1-15H3/t33-,34-,35-,40-,41-,42-,43-/m0/s1. The molecule has 1 spiro atoms. The first-order chi connectivity index (χ1) is 23.3. The molecular weight excluding hydrogens is 764 g/mol. The van der Waals surface area contributed by atoms with Gasteiger partial charge in [0.15, 0.2) is 5.79 Å². The largest absolute Gasteiger partial charge is 0.543 e. The van der Waals surface area contributed by atoms with Gasteiger partial charge in [-0.2, -0.15) is 0 Å². The first-order valence-electron chi connectivity index (χ1n) is 20.8. The first kappa shape index (κ1) is 42.6. The highest BCUT2D eigenvalue weighted by Crippen LogP contribution is 2.53. The van der Waals surface area contributed by atoms with Crippen LogP contribution in [0.3, 0.4) is 0 Å². The summed E-state index contributed by atoms with van der Waals surface area (Å²) in [4.78, 5) is 0. The Kier molecular flexibility index (Phi) is 14.6. The van der Waals surface area contributed by atoms with Crippen LogP contribution in [0.25, 0.3) is 0 Å². The Morgan fingerprint density at radius 3 is 1.54 bits per heavy atom. The summed E-state index contributed by atoms with van der Waals surface area (Å²) in [5.74, 6) is 3.42. The van der Waals surface area contributed by atoms with Gasteiger partial charge in [-0.3, -0.25) is 0 Å². The van der Waals surface area contributed by atoms with E-state index in [1.54, 1.807) is 0 Å². The van der Waals surface area contributed by atoms with Gasteiger partial charge in [-0.25, -0.2) is 0 Å². The summed E-state index contributed by atoms with van der Waals surface area (Å²) in [6.07, 6.45) is 10.2. The van der Waals surface area contributed by atoms with Gasteiger partial charge in [0.25, 0.3) is 16.6 Å². The Bertz CT molecular complexity index is 1130. The van der Waals surface area contributed by atoms with Gasteiger partial charge in [-0.1, -0.05) is 146 Å². The number of rotatable bonds is 13. The molecule has 0 aromatic heterocycles. The van der Waals surface area contributed by atoms with Crippen LogP contribution in [0, 0.1) is 23.7 Å². The van der Waals surface area contributed by atoms with E-state index >= 15 is 0 Å². The third-order valence-corrected chi connectivity index (χ3v) is 27.5. The molecule has 288 valence electrons. The number of alkyl halides is 1. The minimum Gasteiger partial charge on any atom is -0.543 e. The van der Waals surface area contributed by atoms with Crippen LogP contribution in [0.1, 0.15) is 167 Å². The monoisotopic (exact) mass is 840 g/mol. The Labute approximate surface area is 325 Å². The third kappa shape index (κ3) is 8.42. The van der Waals surface area contributed by atoms with Crippen LogP contribution >= 0.6 is 22.6 Å². The molecule has 7 heteroatoms. The zero-order chi connectivity index (χ0) is 37.3. The SMILES string of the molecule is CC(C)[Si](Oc1cc(O[Si](C(C)C)(C(C)C)C(C)C)cc([C@H]2O[C@@]3(CC[C@@H]2C)O[C@H]([C@@H](I)C2CCCCC2)[C@@H](C)C[C@@H]3C)c1)(C(C)C)C(C)C. The highest BCUT2D eigenvalue weighted by Gasteiger charge is 2.54. The predicted molar refractivity (Wildman–Crippen MR) is 227 cm³/mol. The molecule has 0 N–H and O–H groups in total. The number of hydrogen-bond donors (Lipinski definition) is 0. The van der Waals surface area contributed by atoms with Crippen LogP contribution in [-0.2, 0) is 9.47 Å². The normalized spacial score (nSPS) is 29.6. The van der Waals surface area contributed by atoms with Crippen molar-refractivity contribution in [3.63, 3.8) is 0 Å². The quantitative estimate of drug-likeness (QED) is 0.113. The average molecular weight is 841 g/mol. The van der Waals surface area contributed by atoms with Gasteiger partial charge < -0.3 is 18.3 Å². The van der Waals surface area contributed by atoms with E-state index in [1.807, 2.05) is 0 Å². The Morgan fingerprint density at radius 1 is 0.640 bits per heavy atom. The number of halogens is 1. The van der Waals surface area contributed by atoms with Gasteiger partial charge in [0.05, 0.1) is 12.2 Å². The number of ether oxygens (including phenoxy) is 2. The van der Waals surface area contributed by atoms with Gasteiger partial charge in [0.1, 0.15) is 11.5 Å².